The van der Waals surface area contributed by atoms with Crippen molar-refractivity contribution in [3.05, 3.63) is 64.7 Å². The molecular weight excluding hydrogens is 514 g/mol. The average Bonchev–Trinajstić information content (AvgIpc) is 2.95. The van der Waals surface area contributed by atoms with Crippen LogP contribution in [-0.4, -0.2) is 56.2 Å². The Morgan fingerprint density at radius 3 is 2.31 bits per heavy atom. The SMILES string of the molecule is CCS(=O)(=O)N[C@H]1CCCC[C@H]1NC(=O)Nc1cc(C(=O)N2CCC(c3ccc(C#N)cc3)CC2)ccc1C. The molecule has 2 aromatic carbocycles. The number of amides is 3. The zero-order valence-corrected chi connectivity index (χ0v) is 23.4. The van der Waals surface area contributed by atoms with Crippen LogP contribution >= 0.6 is 0 Å². The maximum atomic E-state index is 13.3. The van der Waals surface area contributed by atoms with Crippen molar-refractivity contribution in [3.63, 3.8) is 0 Å². The summed E-state index contributed by atoms with van der Waals surface area (Å²) in [6, 6.07) is 14.1. The number of anilines is 1. The van der Waals surface area contributed by atoms with Gasteiger partial charge in [0, 0.05) is 36.4 Å². The predicted octanol–water partition coefficient (Wildman–Crippen LogP) is 4.26. The van der Waals surface area contributed by atoms with Crippen LogP contribution in [0.2, 0.25) is 0 Å². The monoisotopic (exact) mass is 551 g/mol. The molecule has 4 rings (SSSR count). The summed E-state index contributed by atoms with van der Waals surface area (Å²) in [6.07, 6.45) is 4.89. The van der Waals surface area contributed by atoms with Crippen LogP contribution in [0.15, 0.2) is 42.5 Å². The maximum absolute atomic E-state index is 13.3. The second-order valence-electron chi connectivity index (χ2n) is 10.4. The van der Waals surface area contributed by atoms with Gasteiger partial charge in [-0.25, -0.2) is 17.9 Å². The van der Waals surface area contributed by atoms with E-state index in [0.717, 1.165) is 31.2 Å². The summed E-state index contributed by atoms with van der Waals surface area (Å²) in [4.78, 5) is 28.0. The lowest BCUT2D eigenvalue weighted by molar-refractivity contribution is 0.0713. The fourth-order valence-corrected chi connectivity index (χ4v) is 6.31. The molecular formula is C29H37N5O4S. The molecule has 1 saturated heterocycles. The minimum atomic E-state index is -3.38. The van der Waals surface area contributed by atoms with E-state index in [1.807, 2.05) is 42.2 Å². The van der Waals surface area contributed by atoms with Gasteiger partial charge in [-0.05, 0) is 80.8 Å². The summed E-state index contributed by atoms with van der Waals surface area (Å²) < 4.78 is 26.9. The number of urea groups is 1. The number of carbonyl (C=O) groups is 2. The standard InChI is InChI=1S/C29H37N5O4S/c1-3-39(37,38)33-26-7-5-4-6-25(26)31-29(36)32-27-18-24(11-8-20(27)2)28(35)34-16-14-23(15-17-34)22-12-9-21(19-30)10-13-22/h8-13,18,23,25-26,33H,3-7,14-17H2,1-2H3,(H2,31,32,36)/t25-,26+/m1/s1. The second kappa shape index (κ2) is 12.6. The Balaban J connectivity index is 1.36. The molecule has 0 unspecified atom stereocenters. The van der Waals surface area contributed by atoms with Crippen LogP contribution in [0.5, 0.6) is 0 Å². The number of carbonyl (C=O) groups excluding carboxylic acids is 2. The van der Waals surface area contributed by atoms with Gasteiger partial charge in [0.15, 0.2) is 0 Å². The summed E-state index contributed by atoms with van der Waals surface area (Å²) in [7, 11) is -3.38. The Morgan fingerprint density at radius 1 is 1.00 bits per heavy atom. The maximum Gasteiger partial charge on any atom is 0.319 e. The third-order valence-corrected chi connectivity index (χ3v) is 9.24. The van der Waals surface area contributed by atoms with E-state index >= 15 is 0 Å². The highest BCUT2D eigenvalue weighted by Gasteiger charge is 2.30. The molecule has 0 spiro atoms. The molecule has 208 valence electrons. The second-order valence-corrected chi connectivity index (χ2v) is 12.5. The third-order valence-electron chi connectivity index (χ3n) is 7.82. The van der Waals surface area contributed by atoms with Crippen molar-refractivity contribution in [2.45, 2.75) is 70.4 Å². The Hall–Kier alpha value is -3.42. The Labute approximate surface area is 231 Å². The summed E-state index contributed by atoms with van der Waals surface area (Å²) >= 11 is 0. The molecule has 2 fully saturated rings. The zero-order valence-electron chi connectivity index (χ0n) is 22.6. The number of hydrogen-bond donors (Lipinski definition) is 3. The minimum Gasteiger partial charge on any atom is -0.339 e. The van der Waals surface area contributed by atoms with E-state index < -0.39 is 16.1 Å². The van der Waals surface area contributed by atoms with Crippen molar-refractivity contribution < 1.29 is 18.0 Å². The molecule has 2 atom stereocenters. The van der Waals surface area contributed by atoms with Crippen molar-refractivity contribution >= 4 is 27.6 Å². The van der Waals surface area contributed by atoms with Crippen molar-refractivity contribution in [3.8, 4) is 6.07 Å². The van der Waals surface area contributed by atoms with Gasteiger partial charge in [0.1, 0.15) is 0 Å². The van der Waals surface area contributed by atoms with Crippen molar-refractivity contribution in [2.75, 3.05) is 24.2 Å². The quantitative estimate of drug-likeness (QED) is 0.473. The molecule has 2 aliphatic rings. The molecule has 9 nitrogen and oxygen atoms in total. The van der Waals surface area contributed by atoms with E-state index in [1.54, 1.807) is 19.1 Å². The average molecular weight is 552 g/mol. The minimum absolute atomic E-state index is 0.00442. The fourth-order valence-electron chi connectivity index (χ4n) is 5.40. The summed E-state index contributed by atoms with van der Waals surface area (Å²) in [6.45, 7) is 4.73. The highest BCUT2D eigenvalue weighted by Crippen LogP contribution is 2.29. The first kappa shape index (κ1) is 28.6. The smallest absolute Gasteiger partial charge is 0.319 e. The normalized spacial score (nSPS) is 20.2. The number of nitrogens with zero attached hydrogens (tertiary/aromatic N) is 2. The van der Waals surface area contributed by atoms with Gasteiger partial charge in [0.05, 0.1) is 17.4 Å². The fraction of sp³-hybridized carbons (Fsp3) is 0.483. The van der Waals surface area contributed by atoms with E-state index in [1.165, 1.54) is 5.56 Å². The molecule has 1 aliphatic heterocycles. The number of piperidine rings is 1. The molecule has 3 N–H and O–H groups in total. The van der Waals surface area contributed by atoms with E-state index in [4.69, 9.17) is 5.26 Å². The van der Waals surface area contributed by atoms with Gasteiger partial charge in [-0.2, -0.15) is 5.26 Å². The number of sulfonamides is 1. The number of hydrogen-bond acceptors (Lipinski definition) is 5. The number of rotatable bonds is 7. The summed E-state index contributed by atoms with van der Waals surface area (Å²) in [5, 5.41) is 14.8. The first-order chi connectivity index (χ1) is 18.7. The predicted molar refractivity (Wildman–Crippen MR) is 151 cm³/mol. The molecule has 2 aromatic rings. The van der Waals surface area contributed by atoms with Gasteiger partial charge in [-0.15, -0.1) is 0 Å². The molecule has 0 aromatic heterocycles. The number of likely N-dealkylation sites (tertiary alicyclic amines) is 1. The van der Waals surface area contributed by atoms with E-state index in [0.29, 0.717) is 48.7 Å². The lowest BCUT2D eigenvalue weighted by Gasteiger charge is -2.33. The molecule has 0 radical (unpaired) electrons. The van der Waals surface area contributed by atoms with E-state index in [-0.39, 0.29) is 23.7 Å². The molecule has 10 heteroatoms. The van der Waals surface area contributed by atoms with Crippen molar-refractivity contribution in [1.29, 1.82) is 5.26 Å². The number of nitrogens with one attached hydrogen (secondary N) is 3. The number of nitriles is 1. The van der Waals surface area contributed by atoms with Crippen LogP contribution in [0.25, 0.3) is 0 Å². The third kappa shape index (κ3) is 7.37. The van der Waals surface area contributed by atoms with Crippen LogP contribution < -0.4 is 15.4 Å². The van der Waals surface area contributed by atoms with Gasteiger partial charge in [0.2, 0.25) is 10.0 Å². The summed E-state index contributed by atoms with van der Waals surface area (Å²) in [5.74, 6) is 0.277. The zero-order chi connectivity index (χ0) is 28.0. The van der Waals surface area contributed by atoms with Gasteiger partial charge in [-0.1, -0.05) is 31.0 Å². The Bertz CT molecular complexity index is 1330. The highest BCUT2D eigenvalue weighted by molar-refractivity contribution is 7.89. The van der Waals surface area contributed by atoms with E-state index in [9.17, 15) is 18.0 Å². The number of aryl methyl sites for hydroxylation is 1. The van der Waals surface area contributed by atoms with Crippen molar-refractivity contribution in [1.82, 2.24) is 14.9 Å². The van der Waals surface area contributed by atoms with E-state index in [2.05, 4.69) is 21.4 Å². The van der Waals surface area contributed by atoms with Gasteiger partial charge in [-0.3, -0.25) is 4.79 Å². The molecule has 1 heterocycles. The molecule has 1 aliphatic carbocycles. The number of benzene rings is 2. The molecule has 39 heavy (non-hydrogen) atoms. The molecule has 3 amide bonds. The van der Waals surface area contributed by atoms with Crippen LogP contribution in [0.3, 0.4) is 0 Å². The molecule has 1 saturated carbocycles. The first-order valence-corrected chi connectivity index (χ1v) is 15.3. The van der Waals surface area contributed by atoms with Crippen LogP contribution in [0.1, 0.15) is 78.4 Å². The largest absolute Gasteiger partial charge is 0.339 e. The van der Waals surface area contributed by atoms with Crippen LogP contribution in [-0.2, 0) is 10.0 Å². The molecule has 0 bridgehead atoms. The van der Waals surface area contributed by atoms with Gasteiger partial charge >= 0.3 is 6.03 Å². The van der Waals surface area contributed by atoms with Gasteiger partial charge in [0.25, 0.3) is 5.91 Å². The van der Waals surface area contributed by atoms with Crippen LogP contribution in [0, 0.1) is 18.3 Å². The Kier molecular flexibility index (Phi) is 9.25. The Morgan fingerprint density at radius 2 is 1.67 bits per heavy atom. The summed E-state index contributed by atoms with van der Waals surface area (Å²) in [5.41, 5.74) is 3.72. The van der Waals surface area contributed by atoms with Gasteiger partial charge < -0.3 is 15.5 Å². The topological polar surface area (TPSA) is 131 Å². The van der Waals surface area contributed by atoms with Crippen molar-refractivity contribution in [2.24, 2.45) is 0 Å². The highest BCUT2D eigenvalue weighted by atomic mass is 32.2. The lowest BCUT2D eigenvalue weighted by atomic mass is 9.89. The lowest BCUT2D eigenvalue weighted by Crippen LogP contribution is -2.54. The van der Waals surface area contributed by atoms with Crippen LogP contribution in [0.4, 0.5) is 10.5 Å². The first-order valence-electron chi connectivity index (χ1n) is 13.7.